The number of rotatable bonds is 15. The van der Waals surface area contributed by atoms with Gasteiger partial charge < -0.3 is 30.3 Å². The van der Waals surface area contributed by atoms with E-state index in [0.717, 1.165) is 0 Å². The fourth-order valence-electron chi connectivity index (χ4n) is 2.94. The van der Waals surface area contributed by atoms with Crippen molar-refractivity contribution in [2.45, 2.75) is 12.8 Å². The van der Waals surface area contributed by atoms with Gasteiger partial charge in [-0.05, 0) is 67.3 Å². The summed E-state index contributed by atoms with van der Waals surface area (Å²) in [5.41, 5.74) is 0.936. The zero-order chi connectivity index (χ0) is 29.7. The molecule has 0 aromatic heterocycles. The van der Waals surface area contributed by atoms with Gasteiger partial charge >= 0.3 is 10.4 Å². The molecule has 40 heavy (non-hydrogen) atoms. The van der Waals surface area contributed by atoms with Crippen LogP contribution >= 0.6 is 53.4 Å². The van der Waals surface area contributed by atoms with E-state index in [-0.39, 0.29) is 46.8 Å². The molecular formula is C22H24Br2N4O9S3. The van der Waals surface area contributed by atoms with E-state index in [0.29, 0.717) is 33.7 Å². The van der Waals surface area contributed by atoms with Crippen molar-refractivity contribution in [2.75, 3.05) is 24.6 Å². The number of phenols is 1. The number of oxime groups is 2. The lowest BCUT2D eigenvalue weighted by Crippen LogP contribution is -2.34. The largest absolute Gasteiger partial charge is 0.507 e. The zero-order valence-electron chi connectivity index (χ0n) is 20.4. The second-order valence-corrected chi connectivity index (χ2v) is 13.1. The Morgan fingerprint density at radius 2 is 1.32 bits per heavy atom. The van der Waals surface area contributed by atoms with E-state index in [1.807, 2.05) is 0 Å². The SMILES string of the molecule is O=C(NCCSSCCNC(=O)/C(Cc1ccc(OS(=O)(=O)O)c(Br)c1)=N/O)/C(Cc1ccc(O)c(Br)c1)=N/O. The van der Waals surface area contributed by atoms with Gasteiger partial charge in [0.25, 0.3) is 11.8 Å². The van der Waals surface area contributed by atoms with Crippen molar-refractivity contribution in [3.63, 3.8) is 0 Å². The molecule has 6 N–H and O–H groups in total. The quantitative estimate of drug-likeness (QED) is 0.0390. The van der Waals surface area contributed by atoms with Crippen molar-refractivity contribution < 1.29 is 42.3 Å². The minimum atomic E-state index is -4.70. The molecule has 2 rings (SSSR count). The van der Waals surface area contributed by atoms with Gasteiger partial charge in [-0.15, -0.1) is 0 Å². The highest BCUT2D eigenvalue weighted by Gasteiger charge is 2.16. The lowest BCUT2D eigenvalue weighted by Gasteiger charge is -2.09. The molecule has 0 saturated carbocycles. The Morgan fingerprint density at radius 1 is 0.850 bits per heavy atom. The van der Waals surface area contributed by atoms with Gasteiger partial charge in [-0.1, -0.05) is 44.0 Å². The summed E-state index contributed by atoms with van der Waals surface area (Å²) >= 11 is 6.29. The molecular weight excluding hydrogens is 720 g/mol. The molecule has 0 radical (unpaired) electrons. The standard InChI is InChI=1S/C22H24Br2N4O9S3/c23-15-9-13(1-3-19(15)29)11-17(27-32)21(30)25-5-7-38-39-8-6-26-22(31)18(28-33)12-14-2-4-20(16(24)10-14)37-40(34,35)36/h1-4,9-10,29,32-33H,5-8,11-12H2,(H,25,30)(H,26,31)(H,34,35,36)/b27-17+,28-18+. The Morgan fingerprint density at radius 3 is 1.75 bits per heavy atom. The van der Waals surface area contributed by atoms with Crippen LogP contribution in [0.5, 0.6) is 11.5 Å². The first-order valence-electron chi connectivity index (χ1n) is 11.1. The van der Waals surface area contributed by atoms with E-state index in [9.17, 15) is 33.5 Å². The lowest BCUT2D eigenvalue weighted by atomic mass is 10.1. The maximum atomic E-state index is 12.3. The summed E-state index contributed by atoms with van der Waals surface area (Å²) in [5.74, 6) is -0.144. The molecule has 13 nitrogen and oxygen atoms in total. The number of nitrogens with zero attached hydrogens (tertiary/aromatic N) is 2. The average Bonchev–Trinajstić information content (AvgIpc) is 2.89. The molecule has 0 spiro atoms. The summed E-state index contributed by atoms with van der Waals surface area (Å²) in [6.07, 6.45) is 0.0187. The van der Waals surface area contributed by atoms with Crippen LogP contribution in [0.25, 0.3) is 0 Å². The monoisotopic (exact) mass is 742 g/mol. The first-order valence-corrected chi connectivity index (χ1v) is 16.5. The zero-order valence-corrected chi connectivity index (χ0v) is 26.0. The predicted octanol–water partition coefficient (Wildman–Crippen LogP) is 3.16. The van der Waals surface area contributed by atoms with Gasteiger partial charge in [0.1, 0.15) is 17.2 Å². The fourth-order valence-corrected chi connectivity index (χ4v) is 6.17. The van der Waals surface area contributed by atoms with E-state index < -0.39 is 22.2 Å². The Bertz CT molecular complexity index is 1380. The molecule has 2 aromatic carbocycles. The highest BCUT2D eigenvalue weighted by atomic mass is 79.9. The molecule has 18 heteroatoms. The van der Waals surface area contributed by atoms with E-state index >= 15 is 0 Å². The van der Waals surface area contributed by atoms with Gasteiger partial charge in [-0.3, -0.25) is 14.1 Å². The number of benzene rings is 2. The number of nitrogens with one attached hydrogen (secondary N) is 2. The molecule has 218 valence electrons. The number of amides is 2. The van der Waals surface area contributed by atoms with Crippen LogP contribution in [-0.4, -0.2) is 76.3 Å². The van der Waals surface area contributed by atoms with Gasteiger partial charge in [0.15, 0.2) is 5.75 Å². The van der Waals surface area contributed by atoms with Crippen LogP contribution < -0.4 is 14.8 Å². The second kappa shape index (κ2) is 16.7. The predicted molar refractivity (Wildman–Crippen MR) is 159 cm³/mol. The van der Waals surface area contributed by atoms with Gasteiger partial charge in [0, 0.05) is 37.4 Å². The van der Waals surface area contributed by atoms with Crippen LogP contribution in [0.4, 0.5) is 0 Å². The first-order chi connectivity index (χ1) is 18.9. The van der Waals surface area contributed by atoms with Crippen LogP contribution in [0, 0.1) is 0 Å². The minimum Gasteiger partial charge on any atom is -0.507 e. The molecule has 0 fully saturated rings. The van der Waals surface area contributed by atoms with Crippen molar-refractivity contribution >= 4 is 87.1 Å². The highest BCUT2D eigenvalue weighted by molar-refractivity contribution is 9.11. The Kier molecular flexibility index (Phi) is 14.1. The van der Waals surface area contributed by atoms with Crippen LogP contribution in [0.15, 0.2) is 55.7 Å². The topological polar surface area (TPSA) is 207 Å². The Hall–Kier alpha value is -2.51. The van der Waals surface area contributed by atoms with Crippen molar-refractivity contribution in [3.05, 3.63) is 56.5 Å². The molecule has 0 saturated heterocycles. The maximum absolute atomic E-state index is 12.3. The molecule has 2 aromatic rings. The Balaban J connectivity index is 1.66. The third-order valence-corrected chi connectivity index (χ3v) is 8.79. The van der Waals surface area contributed by atoms with Crippen LogP contribution in [0.3, 0.4) is 0 Å². The highest BCUT2D eigenvalue weighted by Crippen LogP contribution is 2.27. The number of aromatic hydroxyl groups is 1. The van der Waals surface area contributed by atoms with Crippen molar-refractivity contribution in [1.29, 1.82) is 0 Å². The molecule has 0 heterocycles. The van der Waals surface area contributed by atoms with Crippen molar-refractivity contribution in [2.24, 2.45) is 10.3 Å². The normalized spacial score (nSPS) is 12.2. The summed E-state index contributed by atoms with van der Waals surface area (Å²) in [7, 11) is -1.80. The molecule has 0 aliphatic rings. The van der Waals surface area contributed by atoms with E-state index in [1.165, 1.54) is 45.9 Å². The van der Waals surface area contributed by atoms with E-state index in [2.05, 4.69) is 57.0 Å². The van der Waals surface area contributed by atoms with Crippen molar-refractivity contribution in [3.8, 4) is 11.5 Å². The number of hydrogen-bond acceptors (Lipinski definition) is 12. The molecule has 0 atom stereocenters. The summed E-state index contributed by atoms with van der Waals surface area (Å²) in [6, 6.07) is 8.86. The Labute approximate surface area is 254 Å². The molecule has 2 amide bonds. The van der Waals surface area contributed by atoms with Crippen LogP contribution in [0.2, 0.25) is 0 Å². The molecule has 0 unspecified atom stereocenters. The van der Waals surface area contributed by atoms with Gasteiger partial charge in [-0.25, -0.2) is 0 Å². The third kappa shape index (κ3) is 11.9. The maximum Gasteiger partial charge on any atom is 0.446 e. The molecule has 0 aliphatic carbocycles. The summed E-state index contributed by atoms with van der Waals surface area (Å²) in [6.45, 7) is 0.586. The average molecular weight is 744 g/mol. The summed E-state index contributed by atoms with van der Waals surface area (Å²) in [5, 5.41) is 39.4. The van der Waals surface area contributed by atoms with Gasteiger partial charge in [0.05, 0.1) is 8.95 Å². The summed E-state index contributed by atoms with van der Waals surface area (Å²) in [4.78, 5) is 24.6. The number of hydrogen-bond donors (Lipinski definition) is 6. The van der Waals surface area contributed by atoms with Gasteiger partial charge in [-0.2, -0.15) is 8.42 Å². The van der Waals surface area contributed by atoms with Crippen LogP contribution in [-0.2, 0) is 32.8 Å². The van der Waals surface area contributed by atoms with Gasteiger partial charge in [0.2, 0.25) is 0 Å². The molecule has 0 aliphatic heterocycles. The number of phenolic OH excluding ortho intramolecular Hbond substituents is 1. The second-order valence-electron chi connectivity index (χ2n) is 7.66. The van der Waals surface area contributed by atoms with Crippen LogP contribution in [0.1, 0.15) is 11.1 Å². The first kappa shape index (κ1) is 33.7. The fraction of sp³-hybridized carbons (Fsp3) is 0.273. The van der Waals surface area contributed by atoms with E-state index in [1.54, 1.807) is 12.1 Å². The third-order valence-electron chi connectivity index (χ3n) is 4.74. The van der Waals surface area contributed by atoms with E-state index in [4.69, 9.17) is 4.55 Å². The van der Waals surface area contributed by atoms with Crippen molar-refractivity contribution in [1.82, 2.24) is 10.6 Å². The number of carbonyl (C=O) groups is 2. The summed E-state index contributed by atoms with van der Waals surface area (Å²) < 4.78 is 35.5. The lowest BCUT2D eigenvalue weighted by molar-refractivity contribution is -0.115. The number of carbonyl (C=O) groups excluding carboxylic acids is 2. The molecule has 0 bridgehead atoms. The minimum absolute atomic E-state index is 0.0554. The smallest absolute Gasteiger partial charge is 0.446 e. The number of halogens is 2.